The molecule has 3 N–H and O–H groups in total. The summed E-state index contributed by atoms with van der Waals surface area (Å²) >= 11 is 0. The highest BCUT2D eigenvalue weighted by atomic mass is 15.1. The molecule has 0 aromatic carbocycles. The normalized spacial score (nSPS) is 15.2. The van der Waals surface area contributed by atoms with E-state index in [2.05, 4.69) is 24.2 Å². The van der Waals surface area contributed by atoms with Crippen LogP contribution in [0.1, 0.15) is 20.3 Å². The molecule has 0 amide bonds. The first kappa shape index (κ1) is 8.27. The molecular formula is C6H15N3. The van der Waals surface area contributed by atoms with E-state index in [1.165, 1.54) is 0 Å². The summed E-state index contributed by atoms with van der Waals surface area (Å²) < 4.78 is 0. The predicted octanol–water partition coefficient (Wildman–Crippen LogP) is 0.319. The molecule has 9 heavy (non-hydrogen) atoms. The second-order valence-electron chi connectivity index (χ2n) is 2.06. The molecular weight excluding hydrogens is 114 g/mol. The molecule has 0 aromatic heterocycles. The van der Waals surface area contributed by atoms with Crippen molar-refractivity contribution < 1.29 is 0 Å². The third kappa shape index (κ3) is 3.82. The fourth-order valence-electron chi connectivity index (χ4n) is 0.419. The third-order valence-electron chi connectivity index (χ3n) is 1.25. The van der Waals surface area contributed by atoms with Crippen molar-refractivity contribution >= 4 is 5.96 Å². The van der Waals surface area contributed by atoms with Crippen LogP contribution >= 0.6 is 0 Å². The van der Waals surface area contributed by atoms with Gasteiger partial charge in [-0.15, -0.1) is 0 Å². The van der Waals surface area contributed by atoms with Crippen LogP contribution in [0.2, 0.25) is 0 Å². The van der Waals surface area contributed by atoms with Gasteiger partial charge >= 0.3 is 0 Å². The Labute approximate surface area is 56.3 Å². The second kappa shape index (κ2) is 4.18. The lowest BCUT2D eigenvalue weighted by Crippen LogP contribution is -2.37. The largest absolute Gasteiger partial charge is 0.370 e. The molecule has 0 aliphatic carbocycles. The summed E-state index contributed by atoms with van der Waals surface area (Å²) in [5, 5.41) is 3.01. The second-order valence-corrected chi connectivity index (χ2v) is 2.06. The lowest BCUT2D eigenvalue weighted by Gasteiger charge is -2.10. The lowest BCUT2D eigenvalue weighted by atomic mass is 10.3. The molecule has 0 rings (SSSR count). The van der Waals surface area contributed by atoms with Crippen molar-refractivity contribution in [2.24, 2.45) is 10.7 Å². The number of rotatable bonds is 2. The molecule has 0 saturated heterocycles. The average molecular weight is 129 g/mol. The first-order chi connectivity index (χ1) is 4.20. The smallest absolute Gasteiger partial charge is 0.188 e. The van der Waals surface area contributed by atoms with Crippen LogP contribution in [0, 0.1) is 0 Å². The van der Waals surface area contributed by atoms with E-state index in [9.17, 15) is 0 Å². The Bertz CT molecular complexity index is 98.5. The monoisotopic (exact) mass is 129 g/mol. The number of hydrogen-bond acceptors (Lipinski definition) is 1. The van der Waals surface area contributed by atoms with Gasteiger partial charge in [0.2, 0.25) is 0 Å². The van der Waals surface area contributed by atoms with Gasteiger partial charge in [0.25, 0.3) is 0 Å². The molecule has 0 aliphatic rings. The van der Waals surface area contributed by atoms with Gasteiger partial charge < -0.3 is 11.1 Å². The maximum atomic E-state index is 5.39. The van der Waals surface area contributed by atoms with Gasteiger partial charge in [0, 0.05) is 13.1 Å². The fraction of sp³-hybridized carbons (Fsp3) is 0.833. The van der Waals surface area contributed by atoms with Crippen molar-refractivity contribution in [1.82, 2.24) is 5.32 Å². The van der Waals surface area contributed by atoms with Gasteiger partial charge in [-0.3, -0.25) is 4.99 Å². The summed E-state index contributed by atoms with van der Waals surface area (Å²) in [5.41, 5.74) is 5.39. The van der Waals surface area contributed by atoms with E-state index in [0.717, 1.165) is 6.42 Å². The summed E-state index contributed by atoms with van der Waals surface area (Å²) in [7, 11) is 1.67. The first-order valence-electron chi connectivity index (χ1n) is 3.19. The van der Waals surface area contributed by atoms with E-state index in [0.29, 0.717) is 12.0 Å². The minimum absolute atomic E-state index is 0.425. The van der Waals surface area contributed by atoms with Crippen LogP contribution in [0.25, 0.3) is 0 Å². The quantitative estimate of drug-likeness (QED) is 0.416. The fourth-order valence-corrected chi connectivity index (χ4v) is 0.419. The Hall–Kier alpha value is -0.730. The van der Waals surface area contributed by atoms with Crippen LogP contribution in [0.3, 0.4) is 0 Å². The van der Waals surface area contributed by atoms with E-state index in [1.807, 2.05) is 0 Å². The Balaban J connectivity index is 3.47. The van der Waals surface area contributed by atoms with Crippen molar-refractivity contribution in [2.75, 3.05) is 7.05 Å². The molecule has 0 heterocycles. The number of aliphatic imine (C=N–C) groups is 1. The molecule has 0 aromatic rings. The van der Waals surface area contributed by atoms with Crippen LogP contribution in [-0.2, 0) is 0 Å². The topological polar surface area (TPSA) is 50.4 Å². The highest BCUT2D eigenvalue weighted by Gasteiger charge is 1.95. The molecule has 0 spiro atoms. The molecule has 1 atom stereocenters. The van der Waals surface area contributed by atoms with Crippen molar-refractivity contribution in [1.29, 1.82) is 0 Å². The SMILES string of the molecule is CCC(C)NC(N)=NC. The van der Waals surface area contributed by atoms with E-state index in [4.69, 9.17) is 5.73 Å². The van der Waals surface area contributed by atoms with Gasteiger partial charge in [-0.05, 0) is 13.3 Å². The lowest BCUT2D eigenvalue weighted by molar-refractivity contribution is 0.638. The van der Waals surface area contributed by atoms with Gasteiger partial charge in [-0.2, -0.15) is 0 Å². The average Bonchev–Trinajstić information content (AvgIpc) is 1.87. The number of nitrogens with zero attached hydrogens (tertiary/aromatic N) is 1. The van der Waals surface area contributed by atoms with Crippen molar-refractivity contribution in [3.8, 4) is 0 Å². The van der Waals surface area contributed by atoms with Gasteiger partial charge in [0.15, 0.2) is 5.96 Å². The Morgan fingerprint density at radius 1 is 1.78 bits per heavy atom. The highest BCUT2D eigenvalue weighted by Crippen LogP contribution is 1.84. The van der Waals surface area contributed by atoms with Crippen molar-refractivity contribution in [2.45, 2.75) is 26.3 Å². The van der Waals surface area contributed by atoms with Gasteiger partial charge in [0.1, 0.15) is 0 Å². The predicted molar refractivity (Wildman–Crippen MR) is 40.4 cm³/mol. The number of guanidine groups is 1. The summed E-state index contributed by atoms with van der Waals surface area (Å²) in [6.07, 6.45) is 1.07. The van der Waals surface area contributed by atoms with Crippen LogP contribution in [0.4, 0.5) is 0 Å². The standard InChI is InChI=1S/C6H15N3/c1-4-5(2)9-6(7)8-3/h5H,4H2,1-3H3,(H3,7,8,9). The van der Waals surface area contributed by atoms with Crippen LogP contribution in [0.15, 0.2) is 4.99 Å². The number of nitrogens with two attached hydrogens (primary N) is 1. The van der Waals surface area contributed by atoms with E-state index in [1.54, 1.807) is 7.05 Å². The molecule has 0 aliphatic heterocycles. The number of hydrogen-bond donors (Lipinski definition) is 2. The molecule has 0 saturated carbocycles. The van der Waals surface area contributed by atoms with Crippen LogP contribution in [0.5, 0.6) is 0 Å². The highest BCUT2D eigenvalue weighted by molar-refractivity contribution is 5.77. The zero-order valence-electron chi connectivity index (χ0n) is 6.31. The first-order valence-corrected chi connectivity index (χ1v) is 3.19. The Morgan fingerprint density at radius 2 is 2.33 bits per heavy atom. The zero-order chi connectivity index (χ0) is 7.28. The summed E-state index contributed by atoms with van der Waals surface area (Å²) in [5.74, 6) is 0.518. The maximum absolute atomic E-state index is 5.39. The van der Waals surface area contributed by atoms with Gasteiger partial charge in [-0.25, -0.2) is 0 Å². The zero-order valence-corrected chi connectivity index (χ0v) is 6.31. The van der Waals surface area contributed by atoms with Crippen molar-refractivity contribution in [3.63, 3.8) is 0 Å². The van der Waals surface area contributed by atoms with Crippen molar-refractivity contribution in [3.05, 3.63) is 0 Å². The molecule has 0 fully saturated rings. The minimum atomic E-state index is 0.425. The molecule has 3 heteroatoms. The summed E-state index contributed by atoms with van der Waals surface area (Å²) in [6.45, 7) is 4.17. The molecule has 0 bridgehead atoms. The minimum Gasteiger partial charge on any atom is -0.370 e. The Kier molecular flexibility index (Phi) is 3.84. The van der Waals surface area contributed by atoms with Crippen LogP contribution in [-0.4, -0.2) is 19.0 Å². The summed E-state index contributed by atoms with van der Waals surface area (Å²) in [4.78, 5) is 3.76. The van der Waals surface area contributed by atoms with E-state index >= 15 is 0 Å². The molecule has 3 nitrogen and oxygen atoms in total. The maximum Gasteiger partial charge on any atom is 0.188 e. The molecule has 0 radical (unpaired) electrons. The van der Waals surface area contributed by atoms with Gasteiger partial charge in [0.05, 0.1) is 0 Å². The molecule has 54 valence electrons. The number of nitrogens with one attached hydrogen (secondary N) is 1. The van der Waals surface area contributed by atoms with E-state index in [-0.39, 0.29) is 0 Å². The summed E-state index contributed by atoms with van der Waals surface area (Å²) in [6, 6.07) is 0.425. The van der Waals surface area contributed by atoms with Gasteiger partial charge in [-0.1, -0.05) is 6.92 Å². The Morgan fingerprint density at radius 3 is 2.67 bits per heavy atom. The van der Waals surface area contributed by atoms with Crippen LogP contribution < -0.4 is 11.1 Å². The molecule has 1 unspecified atom stereocenters. The van der Waals surface area contributed by atoms with E-state index < -0.39 is 0 Å². The third-order valence-corrected chi connectivity index (χ3v) is 1.25.